The molecule has 3 N–H and O–H groups in total. The van der Waals surface area contributed by atoms with E-state index >= 15 is 0 Å². The number of hydrogen-bond donors (Lipinski definition) is 2. The zero-order valence-electron chi connectivity index (χ0n) is 15.6. The van der Waals surface area contributed by atoms with Crippen molar-refractivity contribution in [3.8, 4) is 0 Å². The van der Waals surface area contributed by atoms with Crippen LogP contribution in [0.3, 0.4) is 0 Å². The number of amides is 1. The highest BCUT2D eigenvalue weighted by atomic mass is 35.5. The molecule has 1 aliphatic heterocycles. The van der Waals surface area contributed by atoms with Crippen molar-refractivity contribution in [2.45, 2.75) is 31.1 Å². The summed E-state index contributed by atoms with van der Waals surface area (Å²) in [6, 6.07) is 7.19. The molecule has 0 aliphatic carbocycles. The largest absolute Gasteiger partial charge is 0.386 e. The zero-order valence-corrected chi connectivity index (χ0v) is 17.2. The average molecular weight is 423 g/mol. The third kappa shape index (κ3) is 3.79. The highest BCUT2D eigenvalue weighted by Gasteiger charge is 2.44. The number of anilines is 1. The van der Waals surface area contributed by atoms with E-state index in [1.54, 1.807) is 26.8 Å². The van der Waals surface area contributed by atoms with Crippen molar-refractivity contribution < 1.29 is 13.4 Å². The molecule has 0 bridgehead atoms. The molecule has 0 fully saturated rings. The van der Waals surface area contributed by atoms with Crippen LogP contribution in [-0.4, -0.2) is 31.4 Å². The number of rotatable bonds is 3. The third-order valence-electron chi connectivity index (χ3n) is 4.73. The first-order chi connectivity index (χ1) is 13.0. The van der Waals surface area contributed by atoms with Crippen molar-refractivity contribution in [1.82, 2.24) is 4.98 Å². The van der Waals surface area contributed by atoms with Gasteiger partial charge in [0.15, 0.2) is 0 Å². The predicted octanol–water partition coefficient (Wildman–Crippen LogP) is 3.24. The van der Waals surface area contributed by atoms with E-state index in [0.717, 1.165) is 0 Å². The fourth-order valence-corrected chi connectivity index (χ4v) is 4.33. The topological polar surface area (TPSA) is 97.4 Å². The molecule has 28 heavy (non-hydrogen) atoms. The van der Waals surface area contributed by atoms with Gasteiger partial charge in [-0.15, -0.1) is 0 Å². The molecule has 0 unspecified atom stereocenters. The second kappa shape index (κ2) is 7.25. The van der Waals surface area contributed by atoms with Gasteiger partial charge in [0.2, 0.25) is 0 Å². The minimum absolute atomic E-state index is 0.119. The third-order valence-corrected chi connectivity index (χ3v) is 7.13. The van der Waals surface area contributed by atoms with E-state index in [9.17, 15) is 13.4 Å². The number of amidine groups is 1. The van der Waals surface area contributed by atoms with Crippen LogP contribution in [0.2, 0.25) is 5.02 Å². The monoisotopic (exact) mass is 422 g/mol. The minimum atomic E-state index is -1.34. The van der Waals surface area contributed by atoms with Crippen LogP contribution in [0.5, 0.6) is 0 Å². The van der Waals surface area contributed by atoms with Crippen LogP contribution >= 0.6 is 11.6 Å². The van der Waals surface area contributed by atoms with Gasteiger partial charge in [-0.3, -0.25) is 14.0 Å². The lowest BCUT2D eigenvalue weighted by Gasteiger charge is -2.37. The zero-order chi connectivity index (χ0) is 20.7. The summed E-state index contributed by atoms with van der Waals surface area (Å²) >= 11 is 5.78. The van der Waals surface area contributed by atoms with E-state index in [1.165, 1.54) is 30.5 Å². The molecule has 148 valence electrons. The van der Waals surface area contributed by atoms with E-state index in [1.807, 2.05) is 0 Å². The van der Waals surface area contributed by atoms with E-state index in [-0.39, 0.29) is 22.8 Å². The highest BCUT2D eigenvalue weighted by molar-refractivity contribution is 7.87. The Bertz CT molecular complexity index is 994. The number of benzene rings is 1. The van der Waals surface area contributed by atoms with E-state index in [2.05, 4.69) is 15.3 Å². The molecule has 0 spiro atoms. The first-order valence-corrected chi connectivity index (χ1v) is 10.2. The molecule has 2 atom stereocenters. The molecule has 1 aromatic carbocycles. The van der Waals surface area contributed by atoms with Gasteiger partial charge >= 0.3 is 0 Å². The van der Waals surface area contributed by atoms with Gasteiger partial charge < -0.3 is 11.1 Å². The molecule has 1 aliphatic rings. The van der Waals surface area contributed by atoms with Gasteiger partial charge in [-0.1, -0.05) is 11.6 Å². The molecule has 2 aromatic rings. The van der Waals surface area contributed by atoms with Crippen molar-refractivity contribution in [2.24, 2.45) is 10.7 Å². The number of nitrogens with two attached hydrogens (primary N) is 1. The van der Waals surface area contributed by atoms with Gasteiger partial charge in [0, 0.05) is 28.2 Å². The predicted molar refractivity (Wildman–Crippen MR) is 110 cm³/mol. The number of pyridine rings is 1. The lowest BCUT2D eigenvalue weighted by atomic mass is 9.92. The maximum Gasteiger partial charge on any atom is 0.274 e. The molecule has 1 aromatic heterocycles. The second-order valence-corrected chi connectivity index (χ2v) is 9.72. The number of carbonyl (C=O) groups is 1. The van der Waals surface area contributed by atoms with Crippen LogP contribution in [0.25, 0.3) is 0 Å². The Kier molecular flexibility index (Phi) is 5.29. The minimum Gasteiger partial charge on any atom is -0.386 e. The van der Waals surface area contributed by atoms with Gasteiger partial charge in [-0.05, 0) is 51.1 Å². The van der Waals surface area contributed by atoms with Gasteiger partial charge in [0.05, 0.1) is 21.1 Å². The van der Waals surface area contributed by atoms with Crippen molar-refractivity contribution in [1.29, 1.82) is 0 Å². The van der Waals surface area contributed by atoms with Crippen LogP contribution in [0, 0.1) is 5.82 Å². The van der Waals surface area contributed by atoms with E-state index < -0.39 is 32.8 Å². The number of aliphatic imine (C=N–C) groups is 1. The highest BCUT2D eigenvalue weighted by Crippen LogP contribution is 2.37. The Morgan fingerprint density at radius 3 is 2.61 bits per heavy atom. The molecular formula is C19H20ClFN4O2S. The molecular weight excluding hydrogens is 403 g/mol. The SMILES string of the molecule is CC1(C)C(N)=N[C@](C)(c2cc(NC(=O)c3ccc(Cl)cn3)ccc2F)C[S@]1=O. The quantitative estimate of drug-likeness (QED) is 0.793. The Morgan fingerprint density at radius 2 is 2.00 bits per heavy atom. The Balaban J connectivity index is 1.94. The molecule has 6 nitrogen and oxygen atoms in total. The molecule has 0 saturated heterocycles. The maximum atomic E-state index is 14.6. The number of hydrogen-bond acceptors (Lipinski definition) is 5. The number of carbonyl (C=O) groups excluding carboxylic acids is 1. The van der Waals surface area contributed by atoms with Gasteiger partial charge in [-0.25, -0.2) is 9.37 Å². The number of halogens is 2. The summed E-state index contributed by atoms with van der Waals surface area (Å²) in [5, 5.41) is 3.09. The van der Waals surface area contributed by atoms with Crippen molar-refractivity contribution >= 4 is 39.8 Å². The van der Waals surface area contributed by atoms with Crippen LogP contribution < -0.4 is 11.1 Å². The molecule has 2 heterocycles. The maximum absolute atomic E-state index is 14.6. The number of nitrogens with zero attached hydrogens (tertiary/aromatic N) is 2. The Labute approximate surface area is 169 Å². The summed E-state index contributed by atoms with van der Waals surface area (Å²) in [7, 11) is -1.34. The normalized spacial score (nSPS) is 23.8. The summed E-state index contributed by atoms with van der Waals surface area (Å²) in [6.45, 7) is 5.17. The smallest absolute Gasteiger partial charge is 0.274 e. The first-order valence-electron chi connectivity index (χ1n) is 8.50. The lowest BCUT2D eigenvalue weighted by Crippen LogP contribution is -2.52. The van der Waals surface area contributed by atoms with E-state index in [4.69, 9.17) is 17.3 Å². The summed E-state index contributed by atoms with van der Waals surface area (Å²) < 4.78 is 26.5. The Hall–Kier alpha value is -2.32. The van der Waals surface area contributed by atoms with Crippen LogP contribution in [0.15, 0.2) is 41.5 Å². The van der Waals surface area contributed by atoms with Crippen molar-refractivity contribution in [2.75, 3.05) is 11.1 Å². The standard InChI is InChI=1S/C19H20ClFN4O2S/c1-18(2)17(22)25-19(3,10-28(18)27)13-8-12(5-6-14(13)21)24-16(26)15-7-4-11(20)9-23-15/h4-9H,10H2,1-3H3,(H2,22,25)(H,24,26)/t19-,28+/m0/s1. The van der Waals surface area contributed by atoms with Gasteiger partial charge in [0.1, 0.15) is 17.3 Å². The van der Waals surface area contributed by atoms with Gasteiger partial charge in [0.25, 0.3) is 5.91 Å². The van der Waals surface area contributed by atoms with Gasteiger partial charge in [-0.2, -0.15) is 0 Å². The molecule has 3 rings (SSSR count). The number of aromatic nitrogens is 1. The lowest BCUT2D eigenvalue weighted by molar-refractivity contribution is 0.102. The molecule has 0 radical (unpaired) electrons. The summed E-state index contributed by atoms with van der Waals surface area (Å²) in [4.78, 5) is 20.8. The second-order valence-electron chi connectivity index (χ2n) is 7.28. The average Bonchev–Trinajstić information content (AvgIpc) is 2.62. The molecule has 1 amide bonds. The summed E-state index contributed by atoms with van der Waals surface area (Å²) in [5.41, 5.74) is 5.66. The fraction of sp³-hybridized carbons (Fsp3) is 0.316. The first kappa shape index (κ1) is 20.4. The fourth-order valence-electron chi connectivity index (χ4n) is 2.84. The van der Waals surface area contributed by atoms with E-state index in [0.29, 0.717) is 10.7 Å². The molecule has 0 saturated carbocycles. The molecule has 9 heteroatoms. The summed E-state index contributed by atoms with van der Waals surface area (Å²) in [5.74, 6) is -0.652. The Morgan fingerprint density at radius 1 is 1.29 bits per heavy atom. The van der Waals surface area contributed by atoms with Crippen molar-refractivity contribution in [3.05, 3.63) is 58.6 Å². The van der Waals surface area contributed by atoms with Crippen LogP contribution in [0.1, 0.15) is 36.8 Å². The summed E-state index contributed by atoms with van der Waals surface area (Å²) in [6.07, 6.45) is 1.37. The van der Waals surface area contributed by atoms with Crippen LogP contribution in [-0.2, 0) is 16.3 Å². The van der Waals surface area contributed by atoms with Crippen molar-refractivity contribution in [3.63, 3.8) is 0 Å². The number of nitrogens with one attached hydrogen (secondary N) is 1. The van der Waals surface area contributed by atoms with Crippen LogP contribution in [0.4, 0.5) is 10.1 Å².